The Morgan fingerprint density at radius 2 is 1.84 bits per heavy atom. The van der Waals surface area contributed by atoms with E-state index in [1.807, 2.05) is 26.1 Å². The third-order valence-corrected chi connectivity index (χ3v) is 5.83. The number of carbonyl (C=O) groups is 1. The number of rotatable bonds is 5. The fraction of sp³-hybridized carbons (Fsp3) is 0.348. The van der Waals surface area contributed by atoms with E-state index >= 15 is 0 Å². The highest BCUT2D eigenvalue weighted by Crippen LogP contribution is 2.31. The molecule has 8 nitrogen and oxygen atoms in total. The second-order valence-corrected chi connectivity index (χ2v) is 7.78. The molecule has 0 radical (unpaired) electrons. The molecule has 2 aromatic heterocycles. The topological polar surface area (TPSA) is 81.4 Å². The summed E-state index contributed by atoms with van der Waals surface area (Å²) in [6.45, 7) is 5.49. The van der Waals surface area contributed by atoms with Crippen molar-refractivity contribution in [3.63, 3.8) is 0 Å². The minimum absolute atomic E-state index is 0.101. The number of aryl methyl sites for hydroxylation is 2. The normalized spacial score (nSPS) is 13.5. The van der Waals surface area contributed by atoms with Crippen LogP contribution in [0.1, 0.15) is 34.5 Å². The molecule has 8 heteroatoms. The lowest BCUT2D eigenvalue weighted by Crippen LogP contribution is -2.30. The molecule has 1 saturated heterocycles. The van der Waals surface area contributed by atoms with Gasteiger partial charge in [-0.05, 0) is 50.5 Å². The van der Waals surface area contributed by atoms with Crippen molar-refractivity contribution in [3.8, 4) is 11.4 Å². The number of hydrogen-bond acceptors (Lipinski definition) is 5. The molecule has 1 N–H and O–H groups in total. The summed E-state index contributed by atoms with van der Waals surface area (Å²) < 4.78 is 8.60. The minimum Gasteiger partial charge on any atom is -0.495 e. The summed E-state index contributed by atoms with van der Waals surface area (Å²) >= 11 is 0. The predicted molar refractivity (Wildman–Crippen MR) is 121 cm³/mol. The zero-order valence-electron chi connectivity index (χ0n) is 18.3. The lowest BCUT2D eigenvalue weighted by Gasteiger charge is -2.17. The first kappa shape index (κ1) is 20.7. The van der Waals surface area contributed by atoms with E-state index in [1.54, 1.807) is 43.1 Å². The van der Waals surface area contributed by atoms with Crippen molar-refractivity contribution in [1.29, 1.82) is 0 Å². The highest BCUT2D eigenvalue weighted by molar-refractivity contribution is 6.06. The van der Waals surface area contributed by atoms with Crippen LogP contribution in [0.4, 0.5) is 11.5 Å². The second-order valence-electron chi connectivity index (χ2n) is 7.78. The number of ether oxygens (including phenoxy) is 1. The smallest absolute Gasteiger partial charge is 0.268 e. The number of carbonyl (C=O) groups excluding carboxylic acids is 1. The number of pyridine rings is 1. The molecule has 0 unspecified atom stereocenters. The zero-order valence-corrected chi connectivity index (χ0v) is 18.3. The van der Waals surface area contributed by atoms with Crippen molar-refractivity contribution in [2.75, 3.05) is 30.4 Å². The van der Waals surface area contributed by atoms with E-state index in [4.69, 9.17) is 4.74 Å². The summed E-state index contributed by atoms with van der Waals surface area (Å²) in [7, 11) is 3.41. The SMILES string of the molecule is COc1ccccc1-n1ccc(C)c(C(=O)Nc2c(N3CCCC3)nn(C)c2C)c1=O. The first-order valence-electron chi connectivity index (χ1n) is 10.4. The number of amides is 1. The molecule has 1 amide bonds. The lowest BCUT2D eigenvalue weighted by molar-refractivity contribution is 0.102. The molecule has 31 heavy (non-hydrogen) atoms. The van der Waals surface area contributed by atoms with Gasteiger partial charge in [0.25, 0.3) is 11.5 Å². The van der Waals surface area contributed by atoms with E-state index in [-0.39, 0.29) is 5.56 Å². The van der Waals surface area contributed by atoms with E-state index < -0.39 is 11.5 Å². The first-order chi connectivity index (χ1) is 14.9. The zero-order chi connectivity index (χ0) is 22.1. The number of benzene rings is 1. The molecule has 162 valence electrons. The third kappa shape index (κ3) is 3.69. The van der Waals surface area contributed by atoms with Gasteiger partial charge < -0.3 is 15.0 Å². The summed E-state index contributed by atoms with van der Waals surface area (Å²) in [4.78, 5) is 28.8. The van der Waals surface area contributed by atoms with E-state index in [0.717, 1.165) is 37.4 Å². The number of aromatic nitrogens is 3. The molecule has 0 spiro atoms. The number of anilines is 2. The molecule has 0 aliphatic carbocycles. The molecule has 1 aromatic carbocycles. The number of para-hydroxylation sites is 2. The molecule has 3 heterocycles. The van der Waals surface area contributed by atoms with Crippen molar-refractivity contribution < 1.29 is 9.53 Å². The second kappa shape index (κ2) is 8.29. The standard InChI is InChI=1S/C23H27N5O3/c1-15-11-14-28(17-9-5-6-10-18(17)31-4)23(30)19(15)22(29)24-20-16(2)26(3)25-21(20)27-12-7-8-13-27/h5-6,9-11,14H,7-8,12-13H2,1-4H3,(H,24,29). The lowest BCUT2D eigenvalue weighted by atomic mass is 10.1. The monoisotopic (exact) mass is 421 g/mol. The van der Waals surface area contributed by atoms with Crippen LogP contribution in [0.3, 0.4) is 0 Å². The van der Waals surface area contributed by atoms with Gasteiger partial charge in [-0.15, -0.1) is 0 Å². The molecule has 1 fully saturated rings. The number of methoxy groups -OCH3 is 1. The fourth-order valence-electron chi connectivity index (χ4n) is 3.98. The van der Waals surface area contributed by atoms with Crippen LogP contribution in [0.5, 0.6) is 5.75 Å². The van der Waals surface area contributed by atoms with Crippen LogP contribution in [0.2, 0.25) is 0 Å². The number of nitrogens with one attached hydrogen (secondary N) is 1. The predicted octanol–water partition coefficient (Wildman–Crippen LogP) is 3.05. The van der Waals surface area contributed by atoms with E-state index in [9.17, 15) is 9.59 Å². The molecular formula is C23H27N5O3. The maximum absolute atomic E-state index is 13.3. The number of nitrogens with zero attached hydrogens (tertiary/aromatic N) is 4. The summed E-state index contributed by atoms with van der Waals surface area (Å²) in [5.41, 5.74) is 2.39. The maximum atomic E-state index is 13.3. The Morgan fingerprint density at radius 3 is 2.55 bits per heavy atom. The van der Waals surface area contributed by atoms with Gasteiger partial charge in [0, 0.05) is 26.3 Å². The summed E-state index contributed by atoms with van der Waals surface area (Å²) in [6.07, 6.45) is 3.87. The Bertz CT molecular complexity index is 1190. The highest BCUT2D eigenvalue weighted by Gasteiger charge is 2.25. The van der Waals surface area contributed by atoms with Crippen LogP contribution >= 0.6 is 0 Å². The first-order valence-corrected chi connectivity index (χ1v) is 10.4. The van der Waals surface area contributed by atoms with Gasteiger partial charge in [0.05, 0.1) is 18.5 Å². The van der Waals surface area contributed by atoms with Gasteiger partial charge in [-0.3, -0.25) is 18.8 Å². The van der Waals surface area contributed by atoms with E-state index in [2.05, 4.69) is 15.3 Å². The van der Waals surface area contributed by atoms with Crippen molar-refractivity contribution in [3.05, 3.63) is 63.7 Å². The van der Waals surface area contributed by atoms with Gasteiger partial charge >= 0.3 is 0 Å². The Morgan fingerprint density at radius 1 is 1.13 bits per heavy atom. The minimum atomic E-state index is -0.441. The van der Waals surface area contributed by atoms with Crippen LogP contribution in [0.25, 0.3) is 5.69 Å². The molecule has 0 bridgehead atoms. The van der Waals surface area contributed by atoms with E-state index in [0.29, 0.717) is 22.7 Å². The maximum Gasteiger partial charge on any atom is 0.268 e. The molecule has 0 saturated carbocycles. The molecule has 4 rings (SSSR count). The Hall–Kier alpha value is -3.55. The van der Waals surface area contributed by atoms with Gasteiger partial charge in [-0.2, -0.15) is 5.10 Å². The quantitative estimate of drug-likeness (QED) is 0.685. The molecule has 1 aliphatic rings. The Balaban J connectivity index is 1.75. The van der Waals surface area contributed by atoms with Gasteiger partial charge in [0.1, 0.15) is 17.0 Å². The van der Waals surface area contributed by atoms with E-state index in [1.165, 1.54) is 4.57 Å². The van der Waals surface area contributed by atoms with Crippen LogP contribution < -0.4 is 20.5 Å². The van der Waals surface area contributed by atoms with Gasteiger partial charge in [0.2, 0.25) is 0 Å². The van der Waals surface area contributed by atoms with Crippen LogP contribution in [-0.4, -0.2) is 40.5 Å². The Labute approximate surface area is 181 Å². The third-order valence-electron chi connectivity index (χ3n) is 5.83. The largest absolute Gasteiger partial charge is 0.495 e. The van der Waals surface area contributed by atoms with Gasteiger partial charge in [-0.1, -0.05) is 12.1 Å². The number of hydrogen-bond donors (Lipinski definition) is 1. The van der Waals surface area contributed by atoms with Gasteiger partial charge in [0.15, 0.2) is 5.82 Å². The fourth-order valence-corrected chi connectivity index (χ4v) is 3.98. The Kier molecular flexibility index (Phi) is 5.54. The van der Waals surface area contributed by atoms with Crippen LogP contribution in [-0.2, 0) is 7.05 Å². The summed E-state index contributed by atoms with van der Waals surface area (Å²) in [5.74, 6) is 0.868. The molecule has 0 atom stereocenters. The van der Waals surface area contributed by atoms with Crippen LogP contribution in [0.15, 0.2) is 41.3 Å². The van der Waals surface area contributed by atoms with Crippen molar-refractivity contribution in [1.82, 2.24) is 14.3 Å². The molecular weight excluding hydrogens is 394 g/mol. The van der Waals surface area contributed by atoms with Crippen molar-refractivity contribution in [2.45, 2.75) is 26.7 Å². The highest BCUT2D eigenvalue weighted by atomic mass is 16.5. The summed E-state index contributed by atoms with van der Waals surface area (Å²) in [6, 6.07) is 8.99. The average Bonchev–Trinajstić information content (AvgIpc) is 3.38. The average molecular weight is 422 g/mol. The molecule has 3 aromatic rings. The van der Waals surface area contributed by atoms with Crippen molar-refractivity contribution >= 4 is 17.4 Å². The van der Waals surface area contributed by atoms with Crippen LogP contribution in [0, 0.1) is 13.8 Å². The summed E-state index contributed by atoms with van der Waals surface area (Å²) in [5, 5.41) is 7.57. The molecule has 1 aliphatic heterocycles. The van der Waals surface area contributed by atoms with Crippen molar-refractivity contribution in [2.24, 2.45) is 7.05 Å². The van der Waals surface area contributed by atoms with Gasteiger partial charge in [-0.25, -0.2) is 0 Å².